The number of carbonyl (C=O) groups excluding carboxylic acids is 1. The van der Waals surface area contributed by atoms with E-state index in [1.54, 1.807) is 0 Å². The molecular formula is C24H23N5O. The van der Waals surface area contributed by atoms with Gasteiger partial charge in [0, 0.05) is 17.4 Å². The highest BCUT2D eigenvalue weighted by molar-refractivity contribution is 6.00. The Bertz CT molecular complexity index is 1220. The van der Waals surface area contributed by atoms with Crippen LogP contribution in [0.4, 0.5) is 0 Å². The first-order valence-corrected chi connectivity index (χ1v) is 10.1. The third-order valence-electron chi connectivity index (χ3n) is 5.84. The molecule has 4 aromatic rings. The summed E-state index contributed by atoms with van der Waals surface area (Å²) in [7, 11) is 0. The molecule has 6 nitrogen and oxygen atoms in total. The van der Waals surface area contributed by atoms with E-state index in [-0.39, 0.29) is 17.2 Å². The van der Waals surface area contributed by atoms with Crippen molar-refractivity contribution in [2.75, 3.05) is 0 Å². The summed E-state index contributed by atoms with van der Waals surface area (Å²) in [6.07, 6.45) is 2.41. The summed E-state index contributed by atoms with van der Waals surface area (Å²) in [5, 5.41) is 13.7. The van der Waals surface area contributed by atoms with Gasteiger partial charge in [-0.15, -0.1) is 5.10 Å². The summed E-state index contributed by atoms with van der Waals surface area (Å²) in [6, 6.07) is 19.8. The van der Waals surface area contributed by atoms with Crippen LogP contribution in [0.3, 0.4) is 0 Å². The maximum atomic E-state index is 13.1. The molecule has 0 saturated heterocycles. The average molecular weight is 397 g/mol. The van der Waals surface area contributed by atoms with Gasteiger partial charge in [-0.1, -0.05) is 67.6 Å². The highest BCUT2D eigenvalue weighted by atomic mass is 16.1. The maximum Gasteiger partial charge on any atom is 0.167 e. The van der Waals surface area contributed by atoms with Crippen molar-refractivity contribution in [1.82, 2.24) is 24.8 Å². The molecule has 1 aliphatic carbocycles. The molecule has 0 N–H and O–H groups in total. The van der Waals surface area contributed by atoms with Gasteiger partial charge in [0.15, 0.2) is 5.78 Å². The van der Waals surface area contributed by atoms with Crippen molar-refractivity contribution in [3.8, 4) is 16.9 Å². The number of nitrogens with zero attached hydrogens (tertiary/aromatic N) is 5. The maximum absolute atomic E-state index is 13.1. The second kappa shape index (κ2) is 6.76. The van der Waals surface area contributed by atoms with Crippen molar-refractivity contribution in [2.45, 2.75) is 33.2 Å². The highest BCUT2D eigenvalue weighted by Gasteiger charge is 2.45. The van der Waals surface area contributed by atoms with Crippen LogP contribution in [0.5, 0.6) is 0 Å². The molecule has 0 amide bonds. The van der Waals surface area contributed by atoms with Gasteiger partial charge in [0.25, 0.3) is 0 Å². The molecular weight excluding hydrogens is 374 g/mol. The Hall–Kier alpha value is -3.54. The summed E-state index contributed by atoms with van der Waals surface area (Å²) in [6.45, 7) is 6.13. The molecule has 1 atom stereocenters. The van der Waals surface area contributed by atoms with Gasteiger partial charge in [0.05, 0.1) is 28.8 Å². The molecule has 30 heavy (non-hydrogen) atoms. The number of aryl methyl sites for hydroxylation is 1. The summed E-state index contributed by atoms with van der Waals surface area (Å²) in [5.41, 5.74) is 4.76. The SMILES string of the molecule is Cc1nn(-c2ccccc2)c2c1C(=O)CC(C)(C)[C@H]2n1cc(-c2ccccc2)nn1. The van der Waals surface area contributed by atoms with Crippen LogP contribution < -0.4 is 0 Å². The van der Waals surface area contributed by atoms with E-state index in [0.717, 1.165) is 28.3 Å². The topological polar surface area (TPSA) is 65.6 Å². The Balaban J connectivity index is 1.71. The van der Waals surface area contributed by atoms with Gasteiger partial charge in [-0.25, -0.2) is 9.36 Å². The Morgan fingerprint density at radius 3 is 2.37 bits per heavy atom. The van der Waals surface area contributed by atoms with Crippen molar-refractivity contribution in [1.29, 1.82) is 0 Å². The van der Waals surface area contributed by atoms with Gasteiger partial charge in [-0.2, -0.15) is 5.10 Å². The lowest BCUT2D eigenvalue weighted by Gasteiger charge is -2.38. The first-order valence-electron chi connectivity index (χ1n) is 10.1. The zero-order valence-electron chi connectivity index (χ0n) is 17.3. The van der Waals surface area contributed by atoms with Crippen LogP contribution in [-0.2, 0) is 0 Å². The first kappa shape index (κ1) is 18.5. The molecule has 0 spiro atoms. The molecule has 150 valence electrons. The van der Waals surface area contributed by atoms with Crippen molar-refractivity contribution in [2.24, 2.45) is 5.41 Å². The molecule has 2 aromatic heterocycles. The zero-order chi connectivity index (χ0) is 20.9. The predicted octanol–water partition coefficient (Wildman–Crippen LogP) is 4.64. The van der Waals surface area contributed by atoms with Crippen molar-refractivity contribution in [3.63, 3.8) is 0 Å². The Labute approximate surface area is 175 Å². The van der Waals surface area contributed by atoms with E-state index in [4.69, 9.17) is 5.10 Å². The second-order valence-electron chi connectivity index (χ2n) is 8.53. The standard InChI is InChI=1S/C24H23N5O/c1-16-21-20(30)14-24(2,3)23(22(21)29(26-16)18-12-8-5-9-13-18)28-15-19(25-27-28)17-10-6-4-7-11-17/h4-13,15,23H,14H2,1-3H3/t23-/m0/s1. The Morgan fingerprint density at radius 2 is 1.67 bits per heavy atom. The lowest BCUT2D eigenvalue weighted by Crippen LogP contribution is -2.37. The number of benzene rings is 2. The minimum atomic E-state index is -0.343. The smallest absolute Gasteiger partial charge is 0.167 e. The monoisotopic (exact) mass is 397 g/mol. The minimum Gasteiger partial charge on any atom is -0.294 e. The molecule has 0 aliphatic heterocycles. The van der Waals surface area contributed by atoms with Gasteiger partial charge in [0.1, 0.15) is 11.7 Å². The number of fused-ring (bicyclic) bond motifs is 1. The zero-order valence-corrected chi connectivity index (χ0v) is 17.3. The summed E-state index contributed by atoms with van der Waals surface area (Å²) < 4.78 is 3.80. The number of rotatable bonds is 3. The van der Waals surface area contributed by atoms with Gasteiger partial charge in [-0.3, -0.25) is 4.79 Å². The third kappa shape index (κ3) is 2.87. The molecule has 0 bridgehead atoms. The predicted molar refractivity (Wildman–Crippen MR) is 115 cm³/mol. The molecule has 0 fully saturated rings. The fraction of sp³-hybridized carbons (Fsp3) is 0.250. The van der Waals surface area contributed by atoms with Gasteiger partial charge in [-0.05, 0) is 19.1 Å². The molecule has 0 unspecified atom stereocenters. The number of hydrogen-bond donors (Lipinski definition) is 0. The van der Waals surface area contributed by atoms with E-state index < -0.39 is 0 Å². The minimum absolute atomic E-state index is 0.134. The van der Waals surface area contributed by atoms with E-state index in [9.17, 15) is 4.79 Å². The second-order valence-corrected chi connectivity index (χ2v) is 8.53. The van der Waals surface area contributed by atoms with E-state index in [1.807, 2.05) is 83.1 Å². The van der Waals surface area contributed by atoms with Crippen LogP contribution >= 0.6 is 0 Å². The number of carbonyl (C=O) groups is 1. The largest absolute Gasteiger partial charge is 0.294 e. The number of aromatic nitrogens is 5. The third-order valence-corrected chi connectivity index (χ3v) is 5.84. The lowest BCUT2D eigenvalue weighted by atomic mass is 9.71. The lowest BCUT2D eigenvalue weighted by molar-refractivity contribution is 0.0854. The molecule has 5 rings (SSSR count). The molecule has 2 heterocycles. The summed E-state index contributed by atoms with van der Waals surface area (Å²) in [5.74, 6) is 0.134. The van der Waals surface area contributed by atoms with Crippen molar-refractivity contribution < 1.29 is 4.79 Å². The summed E-state index contributed by atoms with van der Waals surface area (Å²) in [4.78, 5) is 13.1. The molecule has 0 saturated carbocycles. The highest BCUT2D eigenvalue weighted by Crippen LogP contribution is 2.47. The Kier molecular flexibility index (Phi) is 4.17. The van der Waals surface area contributed by atoms with Crippen LogP contribution in [0.15, 0.2) is 66.9 Å². The van der Waals surface area contributed by atoms with Gasteiger partial charge < -0.3 is 0 Å². The van der Waals surface area contributed by atoms with Crippen LogP contribution in [0.1, 0.15) is 48.1 Å². The average Bonchev–Trinajstić information content (AvgIpc) is 3.34. The van der Waals surface area contributed by atoms with Crippen LogP contribution in [0, 0.1) is 12.3 Å². The van der Waals surface area contributed by atoms with E-state index >= 15 is 0 Å². The number of Topliss-reactive ketones (excluding diaryl/α,β-unsaturated/α-hetero) is 1. The van der Waals surface area contributed by atoms with Crippen LogP contribution in [-0.4, -0.2) is 30.6 Å². The van der Waals surface area contributed by atoms with Crippen molar-refractivity contribution in [3.05, 3.63) is 83.8 Å². The molecule has 0 radical (unpaired) electrons. The number of hydrogen-bond acceptors (Lipinski definition) is 4. The summed E-state index contributed by atoms with van der Waals surface area (Å²) >= 11 is 0. The van der Waals surface area contributed by atoms with E-state index in [0.29, 0.717) is 12.0 Å². The number of para-hydroxylation sites is 1. The van der Waals surface area contributed by atoms with Crippen LogP contribution in [0.25, 0.3) is 16.9 Å². The van der Waals surface area contributed by atoms with Gasteiger partial charge >= 0.3 is 0 Å². The Morgan fingerprint density at radius 1 is 1.00 bits per heavy atom. The van der Waals surface area contributed by atoms with Crippen LogP contribution in [0.2, 0.25) is 0 Å². The van der Waals surface area contributed by atoms with Gasteiger partial charge in [0.2, 0.25) is 0 Å². The quantitative estimate of drug-likeness (QED) is 0.505. The fourth-order valence-electron chi connectivity index (χ4n) is 4.50. The first-order chi connectivity index (χ1) is 14.5. The fourth-order valence-corrected chi connectivity index (χ4v) is 4.50. The van der Waals surface area contributed by atoms with E-state index in [2.05, 4.69) is 24.2 Å². The number of ketones is 1. The molecule has 2 aromatic carbocycles. The van der Waals surface area contributed by atoms with Crippen molar-refractivity contribution >= 4 is 5.78 Å². The van der Waals surface area contributed by atoms with E-state index in [1.165, 1.54) is 0 Å². The molecule has 1 aliphatic rings. The molecule has 6 heteroatoms. The normalized spacial score (nSPS) is 17.7.